The Hall–Kier alpha value is -2.14. The molecule has 1 atom stereocenters. The predicted octanol–water partition coefficient (Wildman–Crippen LogP) is 1.55. The van der Waals surface area contributed by atoms with Crippen LogP contribution in [0.25, 0.3) is 0 Å². The zero-order valence-corrected chi connectivity index (χ0v) is 11.7. The molecule has 2 N–H and O–H groups in total. The van der Waals surface area contributed by atoms with Crippen molar-refractivity contribution in [2.75, 3.05) is 11.9 Å². The van der Waals surface area contributed by atoms with E-state index in [2.05, 4.69) is 21.8 Å². The van der Waals surface area contributed by atoms with Gasteiger partial charge >= 0.3 is 0 Å². The van der Waals surface area contributed by atoms with Crippen LogP contribution in [-0.4, -0.2) is 22.2 Å². The van der Waals surface area contributed by atoms with Gasteiger partial charge in [-0.05, 0) is 18.1 Å². The Morgan fingerprint density at radius 2 is 2.25 bits per heavy atom. The van der Waals surface area contributed by atoms with Gasteiger partial charge in [0, 0.05) is 26.3 Å². The molecule has 1 aliphatic rings. The number of hydrogen-bond donors (Lipinski definition) is 2. The summed E-state index contributed by atoms with van der Waals surface area (Å²) in [5.74, 6) is -0.139. The average molecular weight is 270 g/mol. The lowest BCUT2D eigenvalue weighted by molar-refractivity contribution is -0.117. The Bertz CT molecular complexity index is 647. The standard InChI is InChI=1S/C15H18N4O/c1-10-14(9-19(2)18-10)17-15(20)13-8-16-7-11-5-3-4-6-12(11)13/h3-6,9,13,16H,7-8H2,1-2H3,(H,17,20). The molecule has 20 heavy (non-hydrogen) atoms. The van der Waals surface area contributed by atoms with Crippen molar-refractivity contribution in [3.8, 4) is 0 Å². The van der Waals surface area contributed by atoms with E-state index in [0.29, 0.717) is 6.54 Å². The van der Waals surface area contributed by atoms with Gasteiger partial charge in [-0.25, -0.2) is 0 Å². The molecule has 1 amide bonds. The van der Waals surface area contributed by atoms with Crippen molar-refractivity contribution in [2.45, 2.75) is 19.4 Å². The van der Waals surface area contributed by atoms with Crippen LogP contribution in [0.15, 0.2) is 30.5 Å². The number of aryl methyl sites for hydroxylation is 2. The fraction of sp³-hybridized carbons (Fsp3) is 0.333. The van der Waals surface area contributed by atoms with Crippen LogP contribution < -0.4 is 10.6 Å². The lowest BCUT2D eigenvalue weighted by Crippen LogP contribution is -2.35. The van der Waals surface area contributed by atoms with Gasteiger partial charge in [-0.2, -0.15) is 5.10 Å². The molecule has 1 aromatic carbocycles. The van der Waals surface area contributed by atoms with Gasteiger partial charge in [0.15, 0.2) is 0 Å². The third-order valence-electron chi connectivity index (χ3n) is 3.68. The van der Waals surface area contributed by atoms with E-state index in [4.69, 9.17) is 0 Å². The molecule has 5 nitrogen and oxygen atoms in total. The largest absolute Gasteiger partial charge is 0.323 e. The summed E-state index contributed by atoms with van der Waals surface area (Å²) in [4.78, 5) is 12.5. The van der Waals surface area contributed by atoms with Gasteiger partial charge in [0.05, 0.1) is 17.3 Å². The maximum absolute atomic E-state index is 12.5. The average Bonchev–Trinajstić information content (AvgIpc) is 2.76. The highest BCUT2D eigenvalue weighted by atomic mass is 16.1. The van der Waals surface area contributed by atoms with Gasteiger partial charge in [0.1, 0.15) is 0 Å². The highest BCUT2D eigenvalue weighted by molar-refractivity contribution is 5.96. The maximum atomic E-state index is 12.5. The summed E-state index contributed by atoms with van der Waals surface area (Å²) < 4.78 is 1.71. The summed E-state index contributed by atoms with van der Waals surface area (Å²) in [6.45, 7) is 3.39. The SMILES string of the molecule is Cc1nn(C)cc1NC(=O)C1CNCc2ccccc21. The number of anilines is 1. The number of nitrogens with one attached hydrogen (secondary N) is 2. The minimum absolute atomic E-state index is 0.0146. The summed E-state index contributed by atoms with van der Waals surface area (Å²) in [7, 11) is 1.85. The van der Waals surface area contributed by atoms with Gasteiger partial charge in [-0.15, -0.1) is 0 Å². The summed E-state index contributed by atoms with van der Waals surface area (Å²) in [6.07, 6.45) is 1.83. The first-order valence-electron chi connectivity index (χ1n) is 6.75. The number of carbonyl (C=O) groups is 1. The second-order valence-electron chi connectivity index (χ2n) is 5.17. The molecule has 104 valence electrons. The highest BCUT2D eigenvalue weighted by Gasteiger charge is 2.26. The normalized spacial score (nSPS) is 17.6. The first kappa shape index (κ1) is 12.9. The molecule has 0 aliphatic carbocycles. The van der Waals surface area contributed by atoms with Crippen molar-refractivity contribution < 1.29 is 4.79 Å². The summed E-state index contributed by atoms with van der Waals surface area (Å²) in [5.41, 5.74) is 3.92. The molecule has 0 radical (unpaired) electrons. The first-order chi connectivity index (χ1) is 9.65. The van der Waals surface area contributed by atoms with Crippen molar-refractivity contribution in [1.29, 1.82) is 0 Å². The molecule has 0 saturated carbocycles. The molecular weight excluding hydrogens is 252 g/mol. The molecule has 1 aromatic heterocycles. The van der Waals surface area contributed by atoms with E-state index >= 15 is 0 Å². The van der Waals surface area contributed by atoms with E-state index in [0.717, 1.165) is 23.5 Å². The number of hydrogen-bond acceptors (Lipinski definition) is 3. The smallest absolute Gasteiger partial charge is 0.233 e. The number of benzene rings is 1. The van der Waals surface area contributed by atoms with Crippen LogP contribution in [-0.2, 0) is 18.4 Å². The molecule has 2 aromatic rings. The minimum Gasteiger partial charge on any atom is -0.323 e. The molecule has 1 aliphatic heterocycles. The lowest BCUT2D eigenvalue weighted by atomic mass is 9.90. The topological polar surface area (TPSA) is 59.0 Å². The Labute approximate surface area is 118 Å². The molecule has 1 unspecified atom stereocenters. The number of aromatic nitrogens is 2. The molecular formula is C15H18N4O. The van der Waals surface area contributed by atoms with Crippen LogP contribution in [0.4, 0.5) is 5.69 Å². The maximum Gasteiger partial charge on any atom is 0.233 e. The highest BCUT2D eigenvalue weighted by Crippen LogP contribution is 2.25. The van der Waals surface area contributed by atoms with E-state index in [-0.39, 0.29) is 11.8 Å². The Morgan fingerprint density at radius 1 is 1.45 bits per heavy atom. The predicted molar refractivity (Wildman–Crippen MR) is 77.5 cm³/mol. The molecule has 0 saturated heterocycles. The molecule has 2 heterocycles. The van der Waals surface area contributed by atoms with E-state index in [1.165, 1.54) is 5.56 Å². The third kappa shape index (κ3) is 2.32. The van der Waals surface area contributed by atoms with Crippen molar-refractivity contribution in [3.63, 3.8) is 0 Å². The van der Waals surface area contributed by atoms with E-state index < -0.39 is 0 Å². The Balaban J connectivity index is 1.83. The van der Waals surface area contributed by atoms with Gasteiger partial charge in [-0.1, -0.05) is 24.3 Å². The van der Waals surface area contributed by atoms with Crippen LogP contribution in [0, 0.1) is 6.92 Å². The number of rotatable bonds is 2. The fourth-order valence-corrected chi connectivity index (χ4v) is 2.67. The summed E-state index contributed by atoms with van der Waals surface area (Å²) in [6, 6.07) is 8.10. The number of nitrogens with zero attached hydrogens (tertiary/aromatic N) is 2. The van der Waals surface area contributed by atoms with Crippen molar-refractivity contribution in [2.24, 2.45) is 7.05 Å². The molecule has 5 heteroatoms. The van der Waals surface area contributed by atoms with E-state index in [1.54, 1.807) is 4.68 Å². The van der Waals surface area contributed by atoms with Gasteiger partial charge in [0.25, 0.3) is 0 Å². The molecule has 0 spiro atoms. The van der Waals surface area contributed by atoms with Gasteiger partial charge in [-0.3, -0.25) is 9.48 Å². The Morgan fingerprint density at radius 3 is 3.00 bits per heavy atom. The second kappa shape index (κ2) is 5.09. The van der Waals surface area contributed by atoms with Crippen LogP contribution in [0.2, 0.25) is 0 Å². The number of amides is 1. The third-order valence-corrected chi connectivity index (χ3v) is 3.68. The van der Waals surface area contributed by atoms with Crippen LogP contribution in [0.3, 0.4) is 0 Å². The van der Waals surface area contributed by atoms with Crippen molar-refractivity contribution in [3.05, 3.63) is 47.3 Å². The van der Waals surface area contributed by atoms with Crippen LogP contribution >= 0.6 is 0 Å². The first-order valence-corrected chi connectivity index (χ1v) is 6.75. The molecule has 3 rings (SSSR count). The van der Waals surface area contributed by atoms with Gasteiger partial charge < -0.3 is 10.6 Å². The monoisotopic (exact) mass is 270 g/mol. The number of fused-ring (bicyclic) bond motifs is 1. The zero-order valence-electron chi connectivity index (χ0n) is 11.7. The van der Waals surface area contributed by atoms with E-state index in [1.807, 2.05) is 38.4 Å². The summed E-state index contributed by atoms with van der Waals surface area (Å²) in [5, 5.41) is 10.5. The summed E-state index contributed by atoms with van der Waals surface area (Å²) >= 11 is 0. The number of carbonyl (C=O) groups excluding carboxylic acids is 1. The lowest BCUT2D eigenvalue weighted by Gasteiger charge is -2.25. The fourth-order valence-electron chi connectivity index (χ4n) is 2.67. The second-order valence-corrected chi connectivity index (χ2v) is 5.17. The van der Waals surface area contributed by atoms with Crippen LogP contribution in [0.5, 0.6) is 0 Å². The molecule has 0 bridgehead atoms. The van der Waals surface area contributed by atoms with E-state index in [9.17, 15) is 4.79 Å². The Kier molecular flexibility index (Phi) is 3.28. The quantitative estimate of drug-likeness (QED) is 0.870. The minimum atomic E-state index is -0.153. The molecule has 0 fully saturated rings. The zero-order chi connectivity index (χ0) is 14.1. The van der Waals surface area contributed by atoms with Crippen LogP contribution in [0.1, 0.15) is 22.7 Å². The van der Waals surface area contributed by atoms with Crippen molar-refractivity contribution >= 4 is 11.6 Å². The van der Waals surface area contributed by atoms with Gasteiger partial charge in [0.2, 0.25) is 5.91 Å². The van der Waals surface area contributed by atoms with Crippen molar-refractivity contribution in [1.82, 2.24) is 15.1 Å².